The van der Waals surface area contributed by atoms with Gasteiger partial charge in [0.2, 0.25) is 0 Å². The summed E-state index contributed by atoms with van der Waals surface area (Å²) in [5.41, 5.74) is 1.93. The number of benzene rings is 1. The standard InChI is InChI=1S/C15H14BrNO2/c16-14-4-2-1-3-12(14)13(15(18)19)6-5-11-7-9-17-10-8-11/h1-4,7-10,13H,5-6H2,(H,18,19). The number of carbonyl (C=O) groups is 1. The maximum absolute atomic E-state index is 11.4. The molecule has 0 aliphatic rings. The third kappa shape index (κ3) is 3.64. The van der Waals surface area contributed by atoms with Crippen molar-refractivity contribution in [1.29, 1.82) is 0 Å². The van der Waals surface area contributed by atoms with Crippen LogP contribution >= 0.6 is 15.9 Å². The first-order chi connectivity index (χ1) is 9.18. The quantitative estimate of drug-likeness (QED) is 0.915. The SMILES string of the molecule is O=C(O)C(CCc1ccncc1)c1ccccc1Br. The van der Waals surface area contributed by atoms with Crippen LogP contribution in [0.4, 0.5) is 0 Å². The molecule has 3 nitrogen and oxygen atoms in total. The maximum atomic E-state index is 11.4. The van der Waals surface area contributed by atoms with Crippen LogP contribution in [0.15, 0.2) is 53.3 Å². The first-order valence-electron chi connectivity index (χ1n) is 6.04. The third-order valence-corrected chi connectivity index (χ3v) is 3.77. The average molecular weight is 320 g/mol. The van der Waals surface area contributed by atoms with Gasteiger partial charge in [-0.15, -0.1) is 0 Å². The van der Waals surface area contributed by atoms with E-state index in [1.165, 1.54) is 0 Å². The van der Waals surface area contributed by atoms with Gasteiger partial charge in [0.05, 0.1) is 5.92 Å². The van der Waals surface area contributed by atoms with E-state index in [9.17, 15) is 9.90 Å². The zero-order valence-corrected chi connectivity index (χ0v) is 11.9. The second-order valence-electron chi connectivity index (χ2n) is 4.31. The summed E-state index contributed by atoms with van der Waals surface area (Å²) < 4.78 is 0.845. The smallest absolute Gasteiger partial charge is 0.311 e. The highest BCUT2D eigenvalue weighted by Gasteiger charge is 2.21. The predicted octanol–water partition coefficient (Wildman–Crippen LogP) is 3.65. The van der Waals surface area contributed by atoms with E-state index in [0.29, 0.717) is 6.42 Å². The molecule has 0 saturated heterocycles. The van der Waals surface area contributed by atoms with Gasteiger partial charge in [-0.2, -0.15) is 0 Å². The number of aryl methyl sites for hydroxylation is 1. The number of carboxylic acids is 1. The molecule has 1 aromatic carbocycles. The first kappa shape index (κ1) is 13.7. The number of aliphatic carboxylic acids is 1. The van der Waals surface area contributed by atoms with Crippen molar-refractivity contribution < 1.29 is 9.90 Å². The molecule has 98 valence electrons. The predicted molar refractivity (Wildman–Crippen MR) is 77.1 cm³/mol. The Kier molecular flexibility index (Phi) is 4.68. The lowest BCUT2D eigenvalue weighted by molar-refractivity contribution is -0.139. The fourth-order valence-electron chi connectivity index (χ4n) is 2.03. The van der Waals surface area contributed by atoms with Crippen LogP contribution in [-0.4, -0.2) is 16.1 Å². The Bertz CT molecular complexity index is 557. The highest BCUT2D eigenvalue weighted by molar-refractivity contribution is 9.10. The van der Waals surface area contributed by atoms with Crippen molar-refractivity contribution in [1.82, 2.24) is 4.98 Å². The summed E-state index contributed by atoms with van der Waals surface area (Å²) in [5.74, 6) is -1.29. The molecule has 1 heterocycles. The van der Waals surface area contributed by atoms with Crippen LogP contribution in [0.1, 0.15) is 23.5 Å². The van der Waals surface area contributed by atoms with Gasteiger partial charge < -0.3 is 5.11 Å². The van der Waals surface area contributed by atoms with Crippen molar-refractivity contribution in [2.24, 2.45) is 0 Å². The van der Waals surface area contributed by atoms with Gasteiger partial charge in [0.25, 0.3) is 0 Å². The number of pyridine rings is 1. The first-order valence-corrected chi connectivity index (χ1v) is 6.84. The number of carboxylic acid groups (broad SMARTS) is 1. The van der Waals surface area contributed by atoms with Gasteiger partial charge in [0.15, 0.2) is 0 Å². The Morgan fingerprint density at radius 1 is 1.21 bits per heavy atom. The van der Waals surface area contributed by atoms with E-state index in [4.69, 9.17) is 0 Å². The molecule has 1 N–H and O–H groups in total. The maximum Gasteiger partial charge on any atom is 0.311 e. The number of hydrogen-bond acceptors (Lipinski definition) is 2. The minimum absolute atomic E-state index is 0.497. The summed E-state index contributed by atoms with van der Waals surface area (Å²) in [6, 6.07) is 11.3. The molecule has 0 aliphatic carbocycles. The molecule has 2 aromatic rings. The van der Waals surface area contributed by atoms with Crippen molar-refractivity contribution in [3.8, 4) is 0 Å². The van der Waals surface area contributed by atoms with Gasteiger partial charge >= 0.3 is 5.97 Å². The van der Waals surface area contributed by atoms with Crippen molar-refractivity contribution in [2.45, 2.75) is 18.8 Å². The molecule has 0 amide bonds. The van der Waals surface area contributed by atoms with E-state index in [0.717, 1.165) is 22.0 Å². The molecule has 1 unspecified atom stereocenters. The Morgan fingerprint density at radius 2 is 1.89 bits per heavy atom. The second kappa shape index (κ2) is 6.48. The van der Waals surface area contributed by atoms with Crippen molar-refractivity contribution >= 4 is 21.9 Å². The Labute approximate surface area is 120 Å². The van der Waals surface area contributed by atoms with Gasteiger partial charge in [-0.25, -0.2) is 0 Å². The van der Waals surface area contributed by atoms with Crippen LogP contribution in [0.3, 0.4) is 0 Å². The number of rotatable bonds is 5. The molecule has 0 radical (unpaired) electrons. The topological polar surface area (TPSA) is 50.2 Å². The highest BCUT2D eigenvalue weighted by atomic mass is 79.9. The van der Waals surface area contributed by atoms with Crippen molar-refractivity contribution in [3.63, 3.8) is 0 Å². The largest absolute Gasteiger partial charge is 0.481 e. The van der Waals surface area contributed by atoms with Crippen molar-refractivity contribution in [3.05, 3.63) is 64.4 Å². The fourth-order valence-corrected chi connectivity index (χ4v) is 2.59. The summed E-state index contributed by atoms with van der Waals surface area (Å²) >= 11 is 3.42. The average Bonchev–Trinajstić information content (AvgIpc) is 2.42. The van der Waals surface area contributed by atoms with Crippen LogP contribution in [0, 0.1) is 0 Å². The van der Waals surface area contributed by atoms with Crippen LogP contribution < -0.4 is 0 Å². The molecule has 0 aliphatic heterocycles. The van der Waals surface area contributed by atoms with Crippen LogP contribution in [-0.2, 0) is 11.2 Å². The molecule has 1 aromatic heterocycles. The van der Waals surface area contributed by atoms with Crippen LogP contribution in [0.2, 0.25) is 0 Å². The lowest BCUT2D eigenvalue weighted by Gasteiger charge is -2.14. The second-order valence-corrected chi connectivity index (χ2v) is 5.16. The molecule has 0 saturated carbocycles. The van der Waals surface area contributed by atoms with Crippen molar-refractivity contribution in [2.75, 3.05) is 0 Å². The molecular formula is C15H14BrNO2. The minimum Gasteiger partial charge on any atom is -0.481 e. The normalized spacial score (nSPS) is 12.1. The van der Waals surface area contributed by atoms with E-state index in [-0.39, 0.29) is 0 Å². The summed E-state index contributed by atoms with van der Waals surface area (Å²) in [5, 5.41) is 9.40. The van der Waals surface area contributed by atoms with Crippen LogP contribution in [0.5, 0.6) is 0 Å². The highest BCUT2D eigenvalue weighted by Crippen LogP contribution is 2.28. The molecular weight excluding hydrogens is 306 g/mol. The summed E-state index contributed by atoms with van der Waals surface area (Å²) in [6.07, 6.45) is 4.75. The van der Waals surface area contributed by atoms with Gasteiger partial charge in [-0.1, -0.05) is 34.1 Å². The molecule has 0 bridgehead atoms. The monoisotopic (exact) mass is 319 g/mol. The number of halogens is 1. The Balaban J connectivity index is 2.14. The van der Waals surface area contributed by atoms with Gasteiger partial charge in [-0.05, 0) is 42.2 Å². The Morgan fingerprint density at radius 3 is 2.53 bits per heavy atom. The zero-order valence-electron chi connectivity index (χ0n) is 10.3. The number of hydrogen-bond donors (Lipinski definition) is 1. The summed E-state index contributed by atoms with van der Waals surface area (Å²) in [6.45, 7) is 0. The lowest BCUT2D eigenvalue weighted by Crippen LogP contribution is -2.13. The molecule has 1 atom stereocenters. The fraction of sp³-hybridized carbons (Fsp3) is 0.200. The van der Waals surface area contributed by atoms with Gasteiger partial charge in [0.1, 0.15) is 0 Å². The van der Waals surface area contributed by atoms with E-state index < -0.39 is 11.9 Å². The zero-order chi connectivity index (χ0) is 13.7. The lowest BCUT2D eigenvalue weighted by atomic mass is 9.93. The number of aromatic nitrogens is 1. The summed E-state index contributed by atoms with van der Waals surface area (Å²) in [7, 11) is 0. The molecule has 0 spiro atoms. The van der Waals surface area contributed by atoms with Crippen LogP contribution in [0.25, 0.3) is 0 Å². The van der Waals surface area contributed by atoms with E-state index >= 15 is 0 Å². The van der Waals surface area contributed by atoms with E-state index in [1.807, 2.05) is 36.4 Å². The van der Waals surface area contributed by atoms with E-state index in [1.54, 1.807) is 12.4 Å². The Hall–Kier alpha value is -1.68. The minimum atomic E-state index is -0.791. The van der Waals surface area contributed by atoms with E-state index in [2.05, 4.69) is 20.9 Å². The molecule has 4 heteroatoms. The third-order valence-electron chi connectivity index (χ3n) is 3.05. The van der Waals surface area contributed by atoms with Gasteiger partial charge in [-0.3, -0.25) is 9.78 Å². The molecule has 19 heavy (non-hydrogen) atoms. The molecule has 0 fully saturated rings. The molecule has 2 rings (SSSR count). The number of nitrogens with zero attached hydrogens (tertiary/aromatic N) is 1. The summed E-state index contributed by atoms with van der Waals surface area (Å²) in [4.78, 5) is 15.4. The van der Waals surface area contributed by atoms with Gasteiger partial charge in [0, 0.05) is 16.9 Å².